The van der Waals surface area contributed by atoms with Crippen molar-refractivity contribution in [2.24, 2.45) is 11.7 Å². The molecule has 0 amide bonds. The van der Waals surface area contributed by atoms with Crippen molar-refractivity contribution in [1.29, 1.82) is 0 Å². The van der Waals surface area contributed by atoms with Crippen LogP contribution < -0.4 is 5.73 Å². The van der Waals surface area contributed by atoms with Gasteiger partial charge in [0.05, 0.1) is 6.10 Å². The van der Waals surface area contributed by atoms with Gasteiger partial charge < -0.3 is 10.5 Å². The third kappa shape index (κ3) is 4.57. The van der Waals surface area contributed by atoms with Gasteiger partial charge in [-0.25, -0.2) is 0 Å². The summed E-state index contributed by atoms with van der Waals surface area (Å²) in [5, 5.41) is 0. The minimum Gasteiger partial charge on any atom is -0.377 e. The Kier molecular flexibility index (Phi) is 5.90. The SMILES string of the molecule is CC(C)CCC(C)(CN)N1CCCOC(C)C1. The summed E-state index contributed by atoms with van der Waals surface area (Å²) < 4.78 is 5.72. The molecular weight excluding hydrogens is 212 g/mol. The van der Waals surface area contributed by atoms with Crippen molar-refractivity contribution < 1.29 is 4.74 Å². The molecule has 2 N–H and O–H groups in total. The van der Waals surface area contributed by atoms with Crippen LogP contribution >= 0.6 is 0 Å². The first-order chi connectivity index (χ1) is 7.98. The fourth-order valence-corrected chi connectivity index (χ4v) is 2.47. The minimum atomic E-state index is 0.145. The third-order valence-electron chi connectivity index (χ3n) is 3.92. The highest BCUT2D eigenvalue weighted by atomic mass is 16.5. The fraction of sp³-hybridized carbons (Fsp3) is 1.00. The van der Waals surface area contributed by atoms with Crippen molar-refractivity contribution in [1.82, 2.24) is 4.90 Å². The molecule has 1 fully saturated rings. The molecule has 0 aromatic carbocycles. The maximum atomic E-state index is 6.04. The summed E-state index contributed by atoms with van der Waals surface area (Å²) in [5.74, 6) is 0.751. The van der Waals surface area contributed by atoms with Gasteiger partial charge in [-0.15, -0.1) is 0 Å². The number of nitrogens with zero attached hydrogens (tertiary/aromatic N) is 1. The van der Waals surface area contributed by atoms with Crippen LogP contribution in [0.15, 0.2) is 0 Å². The van der Waals surface area contributed by atoms with Crippen LogP contribution in [0.4, 0.5) is 0 Å². The van der Waals surface area contributed by atoms with E-state index in [1.807, 2.05) is 0 Å². The Morgan fingerprint density at radius 1 is 1.47 bits per heavy atom. The molecule has 2 unspecified atom stereocenters. The summed E-state index contributed by atoms with van der Waals surface area (Å²) in [4.78, 5) is 2.55. The maximum absolute atomic E-state index is 6.04. The topological polar surface area (TPSA) is 38.5 Å². The molecule has 1 heterocycles. The van der Waals surface area contributed by atoms with Crippen LogP contribution in [0.5, 0.6) is 0 Å². The lowest BCUT2D eigenvalue weighted by atomic mass is 9.89. The highest BCUT2D eigenvalue weighted by molar-refractivity contribution is 4.89. The molecule has 102 valence electrons. The molecule has 1 aliphatic rings. The number of rotatable bonds is 5. The second-order valence-electron chi connectivity index (χ2n) is 6.11. The molecule has 0 saturated carbocycles. The number of hydrogen-bond acceptors (Lipinski definition) is 3. The zero-order valence-corrected chi connectivity index (χ0v) is 12.0. The lowest BCUT2D eigenvalue weighted by Gasteiger charge is -2.41. The van der Waals surface area contributed by atoms with E-state index in [2.05, 4.69) is 32.6 Å². The Morgan fingerprint density at radius 2 is 2.18 bits per heavy atom. The lowest BCUT2D eigenvalue weighted by molar-refractivity contribution is 0.0386. The highest BCUT2D eigenvalue weighted by Gasteiger charge is 2.32. The van der Waals surface area contributed by atoms with E-state index < -0.39 is 0 Å². The molecule has 0 spiro atoms. The van der Waals surface area contributed by atoms with Crippen molar-refractivity contribution in [3.05, 3.63) is 0 Å². The molecule has 0 bridgehead atoms. The Morgan fingerprint density at radius 3 is 2.76 bits per heavy atom. The molecule has 0 aromatic rings. The number of hydrogen-bond donors (Lipinski definition) is 1. The molecule has 1 saturated heterocycles. The Labute approximate surface area is 107 Å². The van der Waals surface area contributed by atoms with Gasteiger partial charge in [0.15, 0.2) is 0 Å². The number of ether oxygens (including phenoxy) is 1. The van der Waals surface area contributed by atoms with E-state index in [-0.39, 0.29) is 5.54 Å². The van der Waals surface area contributed by atoms with Crippen LogP contribution in [-0.4, -0.2) is 42.8 Å². The monoisotopic (exact) mass is 242 g/mol. The van der Waals surface area contributed by atoms with Crippen LogP contribution in [0.25, 0.3) is 0 Å². The molecule has 1 rings (SSSR count). The van der Waals surface area contributed by atoms with E-state index in [4.69, 9.17) is 10.5 Å². The fourth-order valence-electron chi connectivity index (χ4n) is 2.47. The van der Waals surface area contributed by atoms with Crippen molar-refractivity contribution >= 4 is 0 Å². The van der Waals surface area contributed by atoms with Gasteiger partial charge in [-0.1, -0.05) is 13.8 Å². The second-order valence-corrected chi connectivity index (χ2v) is 6.11. The first-order valence-corrected chi connectivity index (χ1v) is 7.04. The predicted octanol–water partition coefficient (Wildman–Crippen LogP) is 2.25. The van der Waals surface area contributed by atoms with Gasteiger partial charge >= 0.3 is 0 Å². The van der Waals surface area contributed by atoms with E-state index in [0.717, 1.165) is 38.6 Å². The molecule has 0 radical (unpaired) electrons. The van der Waals surface area contributed by atoms with E-state index in [0.29, 0.717) is 6.10 Å². The van der Waals surface area contributed by atoms with Gasteiger partial charge in [0.2, 0.25) is 0 Å². The average Bonchev–Trinajstić information content (AvgIpc) is 2.51. The van der Waals surface area contributed by atoms with Crippen LogP contribution in [0.3, 0.4) is 0 Å². The Hall–Kier alpha value is -0.120. The van der Waals surface area contributed by atoms with E-state index >= 15 is 0 Å². The highest BCUT2D eigenvalue weighted by Crippen LogP contribution is 2.25. The Bertz CT molecular complexity index is 220. The summed E-state index contributed by atoms with van der Waals surface area (Å²) in [6, 6.07) is 0. The summed E-state index contributed by atoms with van der Waals surface area (Å²) in [6.45, 7) is 12.8. The Balaban J connectivity index is 2.62. The van der Waals surface area contributed by atoms with Gasteiger partial charge in [-0.3, -0.25) is 4.90 Å². The molecule has 0 aromatic heterocycles. The van der Waals surface area contributed by atoms with E-state index in [9.17, 15) is 0 Å². The summed E-state index contributed by atoms with van der Waals surface area (Å²) in [5.41, 5.74) is 6.18. The lowest BCUT2D eigenvalue weighted by Crippen LogP contribution is -2.53. The summed E-state index contributed by atoms with van der Waals surface area (Å²) in [6.07, 6.45) is 3.90. The molecule has 0 aliphatic carbocycles. The van der Waals surface area contributed by atoms with Crippen LogP contribution in [0, 0.1) is 5.92 Å². The second kappa shape index (κ2) is 6.72. The average molecular weight is 242 g/mol. The quantitative estimate of drug-likeness (QED) is 0.803. The minimum absolute atomic E-state index is 0.145. The van der Waals surface area contributed by atoms with E-state index in [1.165, 1.54) is 12.8 Å². The van der Waals surface area contributed by atoms with Crippen LogP contribution in [0.2, 0.25) is 0 Å². The zero-order valence-electron chi connectivity index (χ0n) is 12.0. The molecule has 17 heavy (non-hydrogen) atoms. The van der Waals surface area contributed by atoms with Gasteiger partial charge in [-0.2, -0.15) is 0 Å². The van der Waals surface area contributed by atoms with Gasteiger partial charge in [-0.05, 0) is 39.0 Å². The number of nitrogens with two attached hydrogens (primary N) is 1. The van der Waals surface area contributed by atoms with Crippen molar-refractivity contribution in [3.8, 4) is 0 Å². The van der Waals surface area contributed by atoms with Crippen molar-refractivity contribution in [2.45, 2.75) is 58.6 Å². The molecule has 1 aliphatic heterocycles. The molecule has 2 atom stereocenters. The zero-order chi connectivity index (χ0) is 12.9. The molecular formula is C14H30N2O. The standard InChI is InChI=1S/C14H30N2O/c1-12(2)6-7-14(4,11-15)16-8-5-9-17-13(3)10-16/h12-13H,5-11,15H2,1-4H3. The summed E-state index contributed by atoms with van der Waals surface area (Å²) >= 11 is 0. The largest absolute Gasteiger partial charge is 0.377 e. The molecule has 3 heteroatoms. The van der Waals surface area contributed by atoms with Crippen molar-refractivity contribution in [3.63, 3.8) is 0 Å². The summed E-state index contributed by atoms with van der Waals surface area (Å²) in [7, 11) is 0. The normalized spacial score (nSPS) is 26.8. The smallest absolute Gasteiger partial charge is 0.0674 e. The molecule has 3 nitrogen and oxygen atoms in total. The van der Waals surface area contributed by atoms with Crippen molar-refractivity contribution in [2.75, 3.05) is 26.2 Å². The van der Waals surface area contributed by atoms with E-state index in [1.54, 1.807) is 0 Å². The third-order valence-corrected chi connectivity index (χ3v) is 3.92. The van der Waals surface area contributed by atoms with Gasteiger partial charge in [0.1, 0.15) is 0 Å². The first kappa shape index (κ1) is 14.9. The van der Waals surface area contributed by atoms with Crippen LogP contribution in [-0.2, 0) is 4.74 Å². The predicted molar refractivity (Wildman–Crippen MR) is 73.1 cm³/mol. The first-order valence-electron chi connectivity index (χ1n) is 7.04. The van der Waals surface area contributed by atoms with Gasteiger partial charge in [0, 0.05) is 31.8 Å². The maximum Gasteiger partial charge on any atom is 0.0674 e. The van der Waals surface area contributed by atoms with Gasteiger partial charge in [0.25, 0.3) is 0 Å². The van der Waals surface area contributed by atoms with Crippen LogP contribution in [0.1, 0.15) is 47.0 Å².